The molecule has 0 fully saturated rings. The van der Waals surface area contributed by atoms with Gasteiger partial charge in [0.25, 0.3) is 0 Å². The minimum absolute atomic E-state index is 0.305. The van der Waals surface area contributed by atoms with Crippen LogP contribution in [0.5, 0.6) is 5.75 Å². The van der Waals surface area contributed by atoms with Crippen LogP contribution < -0.4 is 4.74 Å². The average Bonchev–Trinajstić information content (AvgIpc) is 2.44. The van der Waals surface area contributed by atoms with E-state index in [4.69, 9.17) is 11.2 Å². The molecule has 0 radical (unpaired) electrons. The maximum atomic E-state index is 5.75. The molecule has 0 aliphatic carbocycles. The highest BCUT2D eigenvalue weighted by Gasteiger charge is 2.10. The molecule has 2 nitrogen and oxygen atoms in total. The molecule has 0 spiro atoms. The van der Waals surface area contributed by atoms with E-state index in [1.165, 1.54) is 5.56 Å². The van der Waals surface area contributed by atoms with E-state index >= 15 is 0 Å². The van der Waals surface area contributed by atoms with Crippen LogP contribution in [0, 0.1) is 12.3 Å². The van der Waals surface area contributed by atoms with E-state index in [9.17, 15) is 0 Å². The Morgan fingerprint density at radius 3 is 2.63 bits per heavy atom. The molecule has 1 aromatic carbocycles. The minimum atomic E-state index is 0.305. The molecule has 0 unspecified atom stereocenters. The van der Waals surface area contributed by atoms with E-state index in [1.54, 1.807) is 0 Å². The molecule has 0 aromatic heterocycles. The Morgan fingerprint density at radius 2 is 2.05 bits per heavy atom. The van der Waals surface area contributed by atoms with Crippen molar-refractivity contribution in [3.8, 4) is 18.1 Å². The van der Waals surface area contributed by atoms with Crippen molar-refractivity contribution < 1.29 is 4.74 Å². The topological polar surface area (TPSA) is 12.5 Å². The van der Waals surface area contributed by atoms with Gasteiger partial charge in [0.05, 0.1) is 0 Å². The van der Waals surface area contributed by atoms with Gasteiger partial charge in [0.2, 0.25) is 0 Å². The van der Waals surface area contributed by atoms with Gasteiger partial charge in [0, 0.05) is 17.7 Å². The molecule has 1 aromatic rings. The summed E-state index contributed by atoms with van der Waals surface area (Å²) in [7, 11) is 0. The molecule has 0 aliphatic heterocycles. The molecule has 19 heavy (non-hydrogen) atoms. The van der Waals surface area contributed by atoms with Gasteiger partial charge in [-0.15, -0.1) is 6.42 Å². The SMILES string of the molecule is C#CCOc1c(C=CC)cccc1CN(CC)CC. The highest BCUT2D eigenvalue weighted by Crippen LogP contribution is 2.26. The van der Waals surface area contributed by atoms with Crippen molar-refractivity contribution in [1.82, 2.24) is 4.90 Å². The predicted octanol–water partition coefficient (Wildman–Crippen LogP) is 3.57. The van der Waals surface area contributed by atoms with Crippen molar-refractivity contribution in [2.24, 2.45) is 0 Å². The zero-order valence-corrected chi connectivity index (χ0v) is 12.1. The van der Waals surface area contributed by atoms with Gasteiger partial charge in [0.15, 0.2) is 0 Å². The Morgan fingerprint density at radius 1 is 1.32 bits per heavy atom. The van der Waals surface area contributed by atoms with Crippen molar-refractivity contribution in [2.45, 2.75) is 27.3 Å². The van der Waals surface area contributed by atoms with Crippen LogP contribution in [0.15, 0.2) is 24.3 Å². The van der Waals surface area contributed by atoms with Gasteiger partial charge < -0.3 is 4.74 Å². The van der Waals surface area contributed by atoms with Crippen LogP contribution in [0.3, 0.4) is 0 Å². The summed E-state index contributed by atoms with van der Waals surface area (Å²) in [5.74, 6) is 3.44. The summed E-state index contributed by atoms with van der Waals surface area (Å²) in [5, 5.41) is 0. The van der Waals surface area contributed by atoms with Gasteiger partial charge in [-0.3, -0.25) is 4.90 Å². The van der Waals surface area contributed by atoms with Crippen molar-refractivity contribution in [1.29, 1.82) is 0 Å². The van der Waals surface area contributed by atoms with Crippen LogP contribution in [0.1, 0.15) is 31.9 Å². The number of hydrogen-bond donors (Lipinski definition) is 0. The summed E-state index contributed by atoms with van der Waals surface area (Å²) in [4.78, 5) is 2.36. The zero-order valence-electron chi connectivity index (χ0n) is 12.1. The fraction of sp³-hybridized carbons (Fsp3) is 0.412. The second-order valence-electron chi connectivity index (χ2n) is 4.29. The van der Waals surface area contributed by atoms with Crippen LogP contribution in [0.2, 0.25) is 0 Å². The highest BCUT2D eigenvalue weighted by molar-refractivity contribution is 5.59. The molecule has 102 valence electrons. The largest absolute Gasteiger partial charge is 0.480 e. The Kier molecular flexibility index (Phi) is 6.78. The molecular weight excluding hydrogens is 234 g/mol. The third-order valence-electron chi connectivity index (χ3n) is 3.06. The maximum Gasteiger partial charge on any atom is 0.148 e. The smallest absolute Gasteiger partial charge is 0.148 e. The van der Waals surface area contributed by atoms with Crippen molar-refractivity contribution >= 4 is 6.08 Å². The van der Waals surface area contributed by atoms with Crippen LogP contribution in [0.25, 0.3) is 6.08 Å². The molecule has 0 aliphatic rings. The molecular formula is C17H23NO. The Bertz CT molecular complexity index is 453. The molecule has 0 bridgehead atoms. The number of rotatable bonds is 7. The third-order valence-corrected chi connectivity index (χ3v) is 3.06. The summed E-state index contributed by atoms with van der Waals surface area (Å²) < 4.78 is 5.75. The van der Waals surface area contributed by atoms with Gasteiger partial charge in [-0.1, -0.05) is 50.1 Å². The summed E-state index contributed by atoms with van der Waals surface area (Å²) >= 11 is 0. The number of hydrogen-bond acceptors (Lipinski definition) is 2. The lowest BCUT2D eigenvalue weighted by atomic mass is 10.1. The number of terminal acetylenes is 1. The Hall–Kier alpha value is -1.72. The number of benzene rings is 1. The average molecular weight is 257 g/mol. The van der Waals surface area contributed by atoms with E-state index in [1.807, 2.05) is 13.0 Å². The van der Waals surface area contributed by atoms with E-state index in [2.05, 4.69) is 48.9 Å². The van der Waals surface area contributed by atoms with E-state index in [-0.39, 0.29) is 0 Å². The first-order chi connectivity index (χ1) is 9.26. The Balaban J connectivity index is 3.07. The molecule has 0 saturated carbocycles. The lowest BCUT2D eigenvalue weighted by Crippen LogP contribution is -2.22. The Labute approximate surface area is 117 Å². The third kappa shape index (κ3) is 4.46. The molecule has 2 heteroatoms. The van der Waals surface area contributed by atoms with Crippen molar-refractivity contribution in [3.05, 3.63) is 35.4 Å². The van der Waals surface area contributed by atoms with E-state index < -0.39 is 0 Å². The lowest BCUT2D eigenvalue weighted by molar-refractivity contribution is 0.286. The van der Waals surface area contributed by atoms with Gasteiger partial charge in [-0.25, -0.2) is 0 Å². The quantitative estimate of drug-likeness (QED) is 0.692. The lowest BCUT2D eigenvalue weighted by Gasteiger charge is -2.21. The van der Waals surface area contributed by atoms with Gasteiger partial charge in [-0.05, 0) is 20.0 Å². The molecule has 0 amide bonds. The number of para-hydroxylation sites is 1. The monoisotopic (exact) mass is 257 g/mol. The van der Waals surface area contributed by atoms with Gasteiger partial charge in [-0.2, -0.15) is 0 Å². The standard InChI is InChI=1S/C17H23NO/c1-5-10-15-11-9-12-16(14-18(7-3)8-4)17(15)19-13-6-2/h2,5,9-12H,7-8,13-14H2,1,3-4H3. The van der Waals surface area contributed by atoms with Crippen molar-refractivity contribution in [3.63, 3.8) is 0 Å². The molecule has 0 N–H and O–H groups in total. The summed E-state index contributed by atoms with van der Waals surface area (Å²) in [6.45, 7) is 9.58. The van der Waals surface area contributed by atoms with Crippen LogP contribution >= 0.6 is 0 Å². The van der Waals surface area contributed by atoms with Crippen molar-refractivity contribution in [2.75, 3.05) is 19.7 Å². The zero-order chi connectivity index (χ0) is 14.1. The van der Waals surface area contributed by atoms with E-state index in [0.717, 1.165) is 30.9 Å². The second kappa shape index (κ2) is 8.39. The summed E-state index contributed by atoms with van der Waals surface area (Å²) in [6.07, 6.45) is 9.37. The number of ether oxygens (including phenoxy) is 1. The first-order valence-electron chi connectivity index (χ1n) is 6.79. The maximum absolute atomic E-state index is 5.75. The van der Waals surface area contributed by atoms with Crippen LogP contribution in [0.4, 0.5) is 0 Å². The number of nitrogens with zero attached hydrogens (tertiary/aromatic N) is 1. The fourth-order valence-electron chi connectivity index (χ4n) is 2.02. The molecule has 1 rings (SSSR count). The minimum Gasteiger partial charge on any atom is -0.480 e. The van der Waals surface area contributed by atoms with Gasteiger partial charge in [0.1, 0.15) is 12.4 Å². The first-order valence-corrected chi connectivity index (χ1v) is 6.79. The van der Waals surface area contributed by atoms with Gasteiger partial charge >= 0.3 is 0 Å². The van der Waals surface area contributed by atoms with E-state index in [0.29, 0.717) is 6.61 Å². The summed E-state index contributed by atoms with van der Waals surface area (Å²) in [5.41, 5.74) is 2.27. The van der Waals surface area contributed by atoms with Crippen LogP contribution in [-0.2, 0) is 6.54 Å². The molecule has 0 atom stereocenters. The fourth-order valence-corrected chi connectivity index (χ4v) is 2.02. The van der Waals surface area contributed by atoms with Crippen LogP contribution in [-0.4, -0.2) is 24.6 Å². The highest BCUT2D eigenvalue weighted by atomic mass is 16.5. The normalized spacial score (nSPS) is 10.9. The molecule has 0 heterocycles. The number of allylic oxidation sites excluding steroid dienone is 1. The second-order valence-corrected chi connectivity index (χ2v) is 4.29. The molecule has 0 saturated heterocycles. The summed E-state index contributed by atoms with van der Waals surface area (Å²) in [6, 6.07) is 6.23. The first kappa shape index (κ1) is 15.3. The predicted molar refractivity (Wildman–Crippen MR) is 82.1 cm³/mol.